The number of hydrogen-bond donors (Lipinski definition) is 3. The Hall–Kier alpha value is -2.68. The monoisotopic (exact) mass is 349 g/mol. The Labute approximate surface area is 143 Å². The molecule has 0 aliphatic rings. The Morgan fingerprint density at radius 1 is 1.08 bits per heavy atom. The maximum atomic E-state index is 12.4. The highest BCUT2D eigenvalue weighted by Crippen LogP contribution is 2.27. The van der Waals surface area contributed by atoms with Crippen LogP contribution in [0.3, 0.4) is 0 Å². The summed E-state index contributed by atoms with van der Waals surface area (Å²) in [5.74, 6) is 1.46. The zero-order valence-corrected chi connectivity index (χ0v) is 14.4. The third-order valence-electron chi connectivity index (χ3n) is 3.02. The van der Waals surface area contributed by atoms with Crippen molar-refractivity contribution >= 4 is 35.0 Å². The average Bonchev–Trinajstić information content (AvgIpc) is 2.53. The predicted molar refractivity (Wildman–Crippen MR) is 94.4 cm³/mol. The van der Waals surface area contributed by atoms with Crippen molar-refractivity contribution in [3.63, 3.8) is 0 Å². The number of benzene rings is 1. The predicted octanol–water partition coefficient (Wildman–Crippen LogP) is 1.78. The maximum absolute atomic E-state index is 12.4. The lowest BCUT2D eigenvalue weighted by Gasteiger charge is -2.13. The summed E-state index contributed by atoms with van der Waals surface area (Å²) < 4.78 is 10.4. The van der Waals surface area contributed by atoms with Crippen LogP contribution in [0, 0.1) is 0 Å². The number of nitrogen functional groups attached to an aromatic ring is 2. The minimum absolute atomic E-state index is 0.222. The van der Waals surface area contributed by atoms with Gasteiger partial charge < -0.3 is 26.3 Å². The quantitative estimate of drug-likeness (QED) is 0.532. The van der Waals surface area contributed by atoms with E-state index in [4.69, 9.17) is 20.9 Å². The van der Waals surface area contributed by atoms with E-state index in [1.165, 1.54) is 6.07 Å². The van der Waals surface area contributed by atoms with E-state index in [1.807, 2.05) is 0 Å². The number of ether oxygens (including phenoxy) is 2. The Balaban J connectivity index is 2.08. The van der Waals surface area contributed by atoms with Crippen LogP contribution in [-0.4, -0.2) is 35.3 Å². The second-order valence-corrected chi connectivity index (χ2v) is 6.16. The van der Waals surface area contributed by atoms with Crippen molar-refractivity contribution in [2.45, 2.75) is 17.3 Å². The van der Waals surface area contributed by atoms with E-state index in [-0.39, 0.29) is 17.5 Å². The Morgan fingerprint density at radius 3 is 2.12 bits per heavy atom. The van der Waals surface area contributed by atoms with E-state index in [0.29, 0.717) is 22.3 Å². The smallest absolute Gasteiger partial charge is 0.237 e. The van der Waals surface area contributed by atoms with Crippen molar-refractivity contribution in [1.29, 1.82) is 0 Å². The molecule has 24 heavy (non-hydrogen) atoms. The van der Waals surface area contributed by atoms with Crippen LogP contribution in [0.2, 0.25) is 0 Å². The molecular formula is C15H19N5O3S. The fourth-order valence-electron chi connectivity index (χ4n) is 1.85. The lowest BCUT2D eigenvalue weighted by molar-refractivity contribution is -0.115. The van der Waals surface area contributed by atoms with Crippen LogP contribution >= 0.6 is 11.8 Å². The summed E-state index contributed by atoms with van der Waals surface area (Å²) in [6.07, 6.45) is 0. The Morgan fingerprint density at radius 2 is 1.62 bits per heavy atom. The van der Waals surface area contributed by atoms with E-state index < -0.39 is 5.25 Å². The highest BCUT2D eigenvalue weighted by Gasteiger charge is 2.17. The normalized spacial score (nSPS) is 11.6. The van der Waals surface area contributed by atoms with Gasteiger partial charge in [0.1, 0.15) is 23.1 Å². The van der Waals surface area contributed by atoms with Crippen molar-refractivity contribution in [3.8, 4) is 11.5 Å². The molecule has 1 aromatic heterocycles. The number of rotatable bonds is 6. The molecule has 128 valence electrons. The number of aromatic nitrogens is 2. The Kier molecular flexibility index (Phi) is 5.69. The van der Waals surface area contributed by atoms with Gasteiger partial charge in [-0.3, -0.25) is 4.79 Å². The van der Waals surface area contributed by atoms with E-state index >= 15 is 0 Å². The Bertz CT molecular complexity index is 699. The minimum Gasteiger partial charge on any atom is -0.497 e. The highest BCUT2D eigenvalue weighted by molar-refractivity contribution is 8.00. The number of carbonyl (C=O) groups is 1. The average molecular weight is 349 g/mol. The van der Waals surface area contributed by atoms with Gasteiger partial charge in [-0.1, -0.05) is 11.8 Å². The molecule has 2 aromatic rings. The molecule has 8 nitrogen and oxygen atoms in total. The number of thioether (sulfide) groups is 1. The molecule has 1 heterocycles. The minimum atomic E-state index is -0.455. The van der Waals surface area contributed by atoms with Crippen LogP contribution in [0.4, 0.5) is 17.3 Å². The lowest BCUT2D eigenvalue weighted by Crippen LogP contribution is -2.22. The summed E-state index contributed by atoms with van der Waals surface area (Å²) in [5, 5.41) is 2.69. The largest absolute Gasteiger partial charge is 0.497 e. The van der Waals surface area contributed by atoms with Gasteiger partial charge in [-0.05, 0) is 6.92 Å². The van der Waals surface area contributed by atoms with Crippen LogP contribution in [0.25, 0.3) is 0 Å². The number of anilines is 3. The van der Waals surface area contributed by atoms with Gasteiger partial charge in [0.15, 0.2) is 5.16 Å². The van der Waals surface area contributed by atoms with Crippen LogP contribution in [0.5, 0.6) is 11.5 Å². The standard InChI is InChI=1S/C15H19N5O3S/c1-8(24-15-19-12(16)7-13(17)20-15)14(21)18-9-4-10(22-2)6-11(5-9)23-3/h4-8H,1-3H3,(H,18,21)(H4,16,17,19,20)/t8-/m1/s1. The molecule has 0 saturated heterocycles. The lowest BCUT2D eigenvalue weighted by atomic mass is 10.2. The summed E-state index contributed by atoms with van der Waals surface area (Å²) in [6, 6.07) is 6.58. The molecule has 0 unspecified atom stereocenters. The molecule has 0 radical (unpaired) electrons. The number of nitrogens with one attached hydrogen (secondary N) is 1. The third kappa shape index (κ3) is 4.66. The maximum Gasteiger partial charge on any atom is 0.237 e. The van der Waals surface area contributed by atoms with Crippen molar-refractivity contribution in [2.24, 2.45) is 0 Å². The van der Waals surface area contributed by atoms with E-state index in [1.54, 1.807) is 39.3 Å². The SMILES string of the molecule is COc1cc(NC(=O)[C@@H](C)Sc2nc(N)cc(N)n2)cc(OC)c1. The van der Waals surface area contributed by atoms with Crippen LogP contribution in [0.15, 0.2) is 29.4 Å². The van der Waals surface area contributed by atoms with Crippen LogP contribution in [0.1, 0.15) is 6.92 Å². The van der Waals surface area contributed by atoms with Gasteiger partial charge in [-0.25, -0.2) is 9.97 Å². The second-order valence-electron chi connectivity index (χ2n) is 4.85. The summed E-state index contributed by atoms with van der Waals surface area (Å²) in [4.78, 5) is 20.4. The molecular weight excluding hydrogens is 330 g/mol. The van der Waals surface area contributed by atoms with Crippen LogP contribution in [-0.2, 0) is 4.79 Å². The van der Waals surface area contributed by atoms with Gasteiger partial charge >= 0.3 is 0 Å². The van der Waals surface area contributed by atoms with Crippen molar-refractivity contribution < 1.29 is 14.3 Å². The third-order valence-corrected chi connectivity index (χ3v) is 3.98. The van der Waals surface area contributed by atoms with Gasteiger partial charge in [-0.2, -0.15) is 0 Å². The molecule has 0 saturated carbocycles. The molecule has 0 bridgehead atoms. The first-order valence-corrected chi connectivity index (χ1v) is 7.90. The first-order valence-electron chi connectivity index (χ1n) is 7.02. The van der Waals surface area contributed by atoms with E-state index in [2.05, 4.69) is 15.3 Å². The number of hydrogen-bond acceptors (Lipinski definition) is 8. The summed E-state index contributed by atoms with van der Waals surface area (Å²) >= 11 is 1.16. The molecule has 5 N–H and O–H groups in total. The summed E-state index contributed by atoms with van der Waals surface area (Å²) in [5.41, 5.74) is 11.8. The second kappa shape index (κ2) is 7.73. The zero-order chi connectivity index (χ0) is 17.7. The van der Waals surface area contributed by atoms with Crippen molar-refractivity contribution in [2.75, 3.05) is 31.0 Å². The molecule has 0 fully saturated rings. The zero-order valence-electron chi connectivity index (χ0n) is 13.6. The van der Waals surface area contributed by atoms with Gasteiger partial charge in [0.2, 0.25) is 5.91 Å². The summed E-state index contributed by atoms with van der Waals surface area (Å²) in [6.45, 7) is 1.74. The van der Waals surface area contributed by atoms with Crippen molar-refractivity contribution in [1.82, 2.24) is 9.97 Å². The molecule has 2 rings (SSSR count). The fraction of sp³-hybridized carbons (Fsp3) is 0.267. The number of amides is 1. The number of nitrogens with zero attached hydrogens (tertiary/aromatic N) is 2. The number of methoxy groups -OCH3 is 2. The molecule has 1 amide bonds. The first-order chi connectivity index (χ1) is 11.4. The molecule has 0 aliphatic heterocycles. The van der Waals surface area contributed by atoms with E-state index in [9.17, 15) is 4.79 Å². The number of nitrogens with two attached hydrogens (primary N) is 2. The number of carbonyl (C=O) groups excluding carboxylic acids is 1. The highest BCUT2D eigenvalue weighted by atomic mass is 32.2. The van der Waals surface area contributed by atoms with Crippen molar-refractivity contribution in [3.05, 3.63) is 24.3 Å². The fourth-order valence-corrected chi connectivity index (χ4v) is 2.65. The molecule has 1 atom stereocenters. The van der Waals surface area contributed by atoms with Gasteiger partial charge in [0, 0.05) is 30.0 Å². The first kappa shape index (κ1) is 17.7. The summed E-state index contributed by atoms with van der Waals surface area (Å²) in [7, 11) is 3.08. The van der Waals surface area contributed by atoms with Gasteiger partial charge in [0.25, 0.3) is 0 Å². The van der Waals surface area contributed by atoms with Crippen LogP contribution < -0.4 is 26.3 Å². The molecule has 0 aliphatic carbocycles. The topological polar surface area (TPSA) is 125 Å². The molecule has 1 aromatic carbocycles. The molecule has 0 spiro atoms. The van der Waals surface area contributed by atoms with E-state index in [0.717, 1.165) is 11.8 Å². The molecule has 9 heteroatoms. The van der Waals surface area contributed by atoms with Gasteiger partial charge in [-0.15, -0.1) is 0 Å². The van der Waals surface area contributed by atoms with Gasteiger partial charge in [0.05, 0.1) is 19.5 Å².